The minimum absolute atomic E-state index is 0.582. The van der Waals surface area contributed by atoms with Crippen molar-refractivity contribution in [2.45, 2.75) is 125 Å². The van der Waals surface area contributed by atoms with Gasteiger partial charge in [0.15, 0.2) is 0 Å². The first-order chi connectivity index (χ1) is 34.9. The van der Waals surface area contributed by atoms with Crippen LogP contribution in [0.25, 0.3) is 103 Å². The van der Waals surface area contributed by atoms with Crippen LogP contribution in [0.1, 0.15) is 119 Å². The zero-order chi connectivity index (χ0) is 48.6. The first kappa shape index (κ1) is 49.3. The molecule has 0 aliphatic heterocycles. The van der Waals surface area contributed by atoms with Crippen LogP contribution in [0.5, 0.6) is 0 Å². The number of nitrogens with zero attached hydrogens (tertiary/aromatic N) is 9. The summed E-state index contributed by atoms with van der Waals surface area (Å²) in [6.45, 7) is 19.2. The minimum atomic E-state index is 0.582. The van der Waals surface area contributed by atoms with E-state index in [0.29, 0.717) is 5.92 Å². The van der Waals surface area contributed by atoms with Crippen molar-refractivity contribution in [1.29, 1.82) is 0 Å². The smallest absolute Gasteiger partial charge is 0.132 e. The van der Waals surface area contributed by atoms with Gasteiger partial charge in [-0.3, -0.25) is 9.97 Å². The molecule has 0 aromatic carbocycles. The fourth-order valence-electron chi connectivity index (χ4n) is 9.77. The van der Waals surface area contributed by atoms with Crippen molar-refractivity contribution in [2.75, 3.05) is 36.0 Å². The molecule has 11 aromatic rings. The summed E-state index contributed by atoms with van der Waals surface area (Å²) < 4.78 is 30.3. The SMILES string of the molecule is CCCCC(CC)Cn1c2cc(-c3ncc(-c4cc5sc(N(CCCC)CCCC)cc5s4)c4nsnc34)sc2c2sc(-c3ncc(-c4cc5sc(N(CCCC)CCCC)cc5s4)c4nsnc34)cc21. The molecule has 11 aromatic heterocycles. The molecule has 0 spiro atoms. The van der Waals surface area contributed by atoms with Crippen LogP contribution >= 0.6 is 91.5 Å². The molecular weight excluding hydrogens is 1030 g/mol. The third-order valence-electron chi connectivity index (χ3n) is 13.9. The molecule has 0 saturated heterocycles. The van der Waals surface area contributed by atoms with Gasteiger partial charge in [0.25, 0.3) is 0 Å². The van der Waals surface area contributed by atoms with E-state index in [0.717, 1.165) is 93.5 Å². The maximum Gasteiger partial charge on any atom is 0.132 e. The van der Waals surface area contributed by atoms with E-state index in [1.165, 1.54) is 153 Å². The van der Waals surface area contributed by atoms with Gasteiger partial charge >= 0.3 is 0 Å². The molecular formula is C54H61N9S8. The first-order valence-corrected chi connectivity index (χ1v) is 32.1. The van der Waals surface area contributed by atoms with Gasteiger partial charge in [0.1, 0.15) is 33.5 Å². The largest absolute Gasteiger partial charge is 0.363 e. The normalized spacial score (nSPS) is 12.7. The molecule has 1 atom stereocenters. The van der Waals surface area contributed by atoms with Crippen molar-refractivity contribution in [1.82, 2.24) is 32.0 Å². The maximum atomic E-state index is 5.24. The summed E-state index contributed by atoms with van der Waals surface area (Å²) in [6.07, 6.45) is 18.7. The van der Waals surface area contributed by atoms with Gasteiger partial charge in [-0.25, -0.2) is 0 Å². The number of thiophene rings is 6. The van der Waals surface area contributed by atoms with E-state index in [1.54, 1.807) is 0 Å². The lowest BCUT2D eigenvalue weighted by atomic mass is 9.99. The van der Waals surface area contributed by atoms with Crippen LogP contribution in [0, 0.1) is 5.92 Å². The molecule has 17 heteroatoms. The number of anilines is 2. The van der Waals surface area contributed by atoms with Crippen LogP contribution in [0.15, 0.2) is 48.8 Å². The molecule has 0 aliphatic rings. The van der Waals surface area contributed by atoms with E-state index in [2.05, 4.69) is 105 Å². The Morgan fingerprint density at radius 3 is 1.30 bits per heavy atom. The quantitative estimate of drug-likeness (QED) is 0.0591. The highest BCUT2D eigenvalue weighted by Crippen LogP contribution is 2.50. The Hall–Kier alpha value is -3.94. The highest BCUT2D eigenvalue weighted by Gasteiger charge is 2.26. The summed E-state index contributed by atoms with van der Waals surface area (Å²) in [5, 5.41) is 2.78. The lowest BCUT2D eigenvalue weighted by Crippen LogP contribution is -2.24. The molecule has 0 amide bonds. The van der Waals surface area contributed by atoms with Crippen molar-refractivity contribution >= 4 is 163 Å². The number of hydrogen-bond donors (Lipinski definition) is 0. The second kappa shape index (κ2) is 21.9. The standard InChI is InChI=1S/C54H61N9S8/c1-7-13-18-32(12-6)31-63-35-23-43(49-51-47(57-70-59-51)33(29-55-49)37-25-39-41(64-37)27-45(66-39)61(19-14-8-2)20-15-9-3)68-53(35)54-36(63)24-44(69-54)50-52-48(58-71-60-52)34(30-56-50)38-26-40-42(65-38)28-46(67-40)62(21-16-10-4)22-17-11-5/h23-30,32H,7-22,31H2,1-6H3. The summed E-state index contributed by atoms with van der Waals surface area (Å²) in [6, 6.07) is 14.3. The summed E-state index contributed by atoms with van der Waals surface area (Å²) in [5.74, 6) is 0.582. The van der Waals surface area contributed by atoms with Crippen molar-refractivity contribution < 1.29 is 0 Å². The van der Waals surface area contributed by atoms with E-state index in [4.69, 9.17) is 27.5 Å². The van der Waals surface area contributed by atoms with Crippen LogP contribution < -0.4 is 9.80 Å². The van der Waals surface area contributed by atoms with Crippen molar-refractivity contribution in [3.05, 3.63) is 48.8 Å². The molecule has 0 N–H and O–H groups in total. The summed E-state index contributed by atoms with van der Waals surface area (Å²) >= 11 is 13.8. The number of hydrogen-bond acceptors (Lipinski definition) is 16. The zero-order valence-corrected chi connectivity index (χ0v) is 48.0. The van der Waals surface area contributed by atoms with Gasteiger partial charge in [0, 0.05) is 84.8 Å². The van der Waals surface area contributed by atoms with Gasteiger partial charge in [-0.2, -0.15) is 17.5 Å². The molecule has 71 heavy (non-hydrogen) atoms. The Balaban J connectivity index is 0.937. The number of aromatic nitrogens is 7. The second-order valence-electron chi connectivity index (χ2n) is 18.9. The summed E-state index contributed by atoms with van der Waals surface area (Å²) in [7, 11) is 0. The third-order valence-corrected chi connectivity index (χ3v) is 22.2. The van der Waals surface area contributed by atoms with E-state index in [9.17, 15) is 0 Å². The Morgan fingerprint density at radius 2 is 0.887 bits per heavy atom. The Labute approximate surface area is 448 Å². The average Bonchev–Trinajstić information content (AvgIpc) is 4.23. The second-order valence-corrected chi connectivity index (χ2v) is 26.3. The molecule has 0 bridgehead atoms. The molecule has 11 heterocycles. The van der Waals surface area contributed by atoms with Gasteiger partial charge in [0.05, 0.1) is 63.6 Å². The molecule has 9 nitrogen and oxygen atoms in total. The molecule has 0 radical (unpaired) electrons. The highest BCUT2D eigenvalue weighted by molar-refractivity contribution is 7.32. The molecule has 0 fully saturated rings. The number of pyridine rings is 2. The Kier molecular flexibility index (Phi) is 15.2. The van der Waals surface area contributed by atoms with Crippen molar-refractivity contribution in [2.24, 2.45) is 5.92 Å². The fourth-order valence-corrected chi connectivity index (χ4v) is 18.3. The van der Waals surface area contributed by atoms with Gasteiger partial charge < -0.3 is 14.4 Å². The molecule has 1 unspecified atom stereocenters. The van der Waals surface area contributed by atoms with E-state index in [-0.39, 0.29) is 0 Å². The summed E-state index contributed by atoms with van der Waals surface area (Å²) in [5.41, 5.74) is 10.2. The zero-order valence-electron chi connectivity index (χ0n) is 41.5. The van der Waals surface area contributed by atoms with Gasteiger partial charge in [-0.05, 0) is 74.4 Å². The molecule has 370 valence electrons. The Morgan fingerprint density at radius 1 is 0.465 bits per heavy atom. The predicted octanol–water partition coefficient (Wildman–Crippen LogP) is 19.0. The average molecular weight is 1090 g/mol. The van der Waals surface area contributed by atoms with E-state index >= 15 is 0 Å². The van der Waals surface area contributed by atoms with Crippen molar-refractivity contribution in [3.8, 4) is 42.0 Å². The maximum absolute atomic E-state index is 5.24. The summed E-state index contributed by atoms with van der Waals surface area (Å²) in [4.78, 5) is 20.4. The highest BCUT2D eigenvalue weighted by atomic mass is 32.1. The fraction of sp³-hybridized carbons (Fsp3) is 0.444. The number of fused-ring (bicyclic) bond motifs is 7. The Bertz CT molecular complexity index is 3270. The van der Waals surface area contributed by atoms with E-state index < -0.39 is 0 Å². The molecule has 11 rings (SSSR count). The van der Waals surface area contributed by atoms with Crippen LogP contribution in [0.2, 0.25) is 0 Å². The number of rotatable bonds is 24. The van der Waals surface area contributed by atoms with Gasteiger partial charge in [-0.1, -0.05) is 86.5 Å². The van der Waals surface area contributed by atoms with Gasteiger partial charge in [-0.15, -0.1) is 68.0 Å². The first-order valence-electron chi connectivity index (χ1n) is 25.8. The molecule has 0 aliphatic carbocycles. The monoisotopic (exact) mass is 1090 g/mol. The predicted molar refractivity (Wildman–Crippen MR) is 318 cm³/mol. The van der Waals surface area contributed by atoms with E-state index in [1.807, 2.05) is 68.0 Å². The lowest BCUT2D eigenvalue weighted by Gasteiger charge is -2.22. The van der Waals surface area contributed by atoms with Crippen LogP contribution in [-0.2, 0) is 6.54 Å². The minimum Gasteiger partial charge on any atom is -0.363 e. The molecule has 0 saturated carbocycles. The van der Waals surface area contributed by atoms with Gasteiger partial charge in [0.2, 0.25) is 0 Å². The number of unbranched alkanes of at least 4 members (excludes halogenated alkanes) is 5. The topological polar surface area (TPSA) is 88.8 Å². The van der Waals surface area contributed by atoms with Crippen LogP contribution in [0.4, 0.5) is 10.0 Å². The third kappa shape index (κ3) is 9.60. The lowest BCUT2D eigenvalue weighted by molar-refractivity contribution is 0.401. The van der Waals surface area contributed by atoms with Crippen LogP contribution in [0.3, 0.4) is 0 Å². The van der Waals surface area contributed by atoms with Crippen molar-refractivity contribution in [3.63, 3.8) is 0 Å². The van der Waals surface area contributed by atoms with Crippen LogP contribution in [-0.4, -0.2) is 58.2 Å².